The van der Waals surface area contributed by atoms with E-state index < -0.39 is 6.04 Å². The van der Waals surface area contributed by atoms with E-state index in [1.165, 1.54) is 6.26 Å². The van der Waals surface area contributed by atoms with Crippen LogP contribution in [0.3, 0.4) is 0 Å². The molecule has 1 atom stereocenters. The number of aliphatic hydroxyl groups excluding tert-OH is 1. The third-order valence-electron chi connectivity index (χ3n) is 3.60. The zero-order valence-electron chi connectivity index (χ0n) is 13.0. The highest BCUT2D eigenvalue weighted by Gasteiger charge is 2.22. The Morgan fingerprint density at radius 2 is 1.54 bits per heavy atom. The van der Waals surface area contributed by atoms with Crippen molar-refractivity contribution in [2.24, 2.45) is 0 Å². The first-order valence-corrected chi connectivity index (χ1v) is 7.64. The van der Waals surface area contributed by atoms with E-state index >= 15 is 0 Å². The van der Waals surface area contributed by atoms with Crippen molar-refractivity contribution in [1.29, 1.82) is 0 Å². The van der Waals surface area contributed by atoms with Crippen LogP contribution in [-0.4, -0.2) is 17.7 Å². The summed E-state index contributed by atoms with van der Waals surface area (Å²) in [6.07, 6.45) is 1.51. The number of hydrogen-bond acceptors (Lipinski definition) is 3. The summed E-state index contributed by atoms with van der Waals surface area (Å²) < 4.78 is 5.29. The minimum Gasteiger partial charge on any atom is -0.467 e. The van der Waals surface area contributed by atoms with Crippen LogP contribution in [0.1, 0.15) is 11.8 Å². The van der Waals surface area contributed by atoms with E-state index in [2.05, 4.69) is 5.32 Å². The SMILES string of the molecule is O=C(N[C@@H](CO)c1ccco1)N(c1ccccc1)c1ccccc1. The number of amides is 2. The van der Waals surface area contributed by atoms with Gasteiger partial charge in [0, 0.05) is 0 Å². The molecule has 0 saturated carbocycles. The average molecular weight is 322 g/mol. The maximum absolute atomic E-state index is 12.9. The molecule has 1 aromatic heterocycles. The van der Waals surface area contributed by atoms with Gasteiger partial charge in [0.25, 0.3) is 0 Å². The maximum Gasteiger partial charge on any atom is 0.327 e. The van der Waals surface area contributed by atoms with Crippen molar-refractivity contribution in [3.05, 3.63) is 84.8 Å². The van der Waals surface area contributed by atoms with Gasteiger partial charge in [-0.1, -0.05) is 36.4 Å². The van der Waals surface area contributed by atoms with E-state index in [4.69, 9.17) is 4.42 Å². The van der Waals surface area contributed by atoms with Gasteiger partial charge in [-0.2, -0.15) is 0 Å². The molecule has 24 heavy (non-hydrogen) atoms. The second kappa shape index (κ2) is 7.48. The molecule has 0 aliphatic heterocycles. The Kier molecular flexibility index (Phi) is 4.93. The first kappa shape index (κ1) is 15.8. The van der Waals surface area contributed by atoms with Crippen molar-refractivity contribution in [3.63, 3.8) is 0 Å². The van der Waals surface area contributed by atoms with Gasteiger partial charge >= 0.3 is 6.03 Å². The van der Waals surface area contributed by atoms with Crippen LogP contribution in [0.2, 0.25) is 0 Å². The lowest BCUT2D eigenvalue weighted by Gasteiger charge is -2.25. The van der Waals surface area contributed by atoms with Gasteiger partial charge < -0.3 is 14.8 Å². The van der Waals surface area contributed by atoms with Crippen LogP contribution in [0, 0.1) is 0 Å². The fraction of sp³-hybridized carbons (Fsp3) is 0.105. The molecule has 2 amide bonds. The molecule has 0 bridgehead atoms. The van der Waals surface area contributed by atoms with Gasteiger partial charge in [0.2, 0.25) is 0 Å². The van der Waals surface area contributed by atoms with Crippen molar-refractivity contribution in [3.8, 4) is 0 Å². The lowest BCUT2D eigenvalue weighted by molar-refractivity contribution is 0.212. The van der Waals surface area contributed by atoms with Crippen LogP contribution < -0.4 is 10.2 Å². The average Bonchev–Trinajstić information content (AvgIpc) is 3.16. The third-order valence-corrected chi connectivity index (χ3v) is 3.60. The lowest BCUT2D eigenvalue weighted by Crippen LogP contribution is -2.40. The molecule has 0 aliphatic carbocycles. The third kappa shape index (κ3) is 3.47. The molecule has 122 valence electrons. The lowest BCUT2D eigenvalue weighted by atomic mass is 10.2. The minimum atomic E-state index is -0.609. The number of para-hydroxylation sites is 2. The first-order valence-electron chi connectivity index (χ1n) is 7.64. The molecule has 2 N–H and O–H groups in total. The van der Waals surface area contributed by atoms with Crippen molar-refractivity contribution >= 4 is 17.4 Å². The molecular weight excluding hydrogens is 304 g/mol. The Morgan fingerprint density at radius 1 is 0.958 bits per heavy atom. The Labute approximate surface area is 140 Å². The second-order valence-corrected chi connectivity index (χ2v) is 5.21. The van der Waals surface area contributed by atoms with E-state index in [0.717, 1.165) is 11.4 Å². The van der Waals surface area contributed by atoms with Crippen LogP contribution >= 0.6 is 0 Å². The molecule has 5 nitrogen and oxygen atoms in total. The highest BCUT2D eigenvalue weighted by atomic mass is 16.3. The topological polar surface area (TPSA) is 65.7 Å². The number of carbonyl (C=O) groups is 1. The van der Waals surface area contributed by atoms with Gasteiger partial charge in [-0.3, -0.25) is 4.90 Å². The molecule has 2 aromatic carbocycles. The smallest absolute Gasteiger partial charge is 0.327 e. The summed E-state index contributed by atoms with van der Waals surface area (Å²) in [4.78, 5) is 14.4. The van der Waals surface area contributed by atoms with Gasteiger partial charge in [0.15, 0.2) is 0 Å². The summed E-state index contributed by atoms with van der Waals surface area (Å²) in [6, 6.07) is 21.2. The molecule has 5 heteroatoms. The van der Waals surface area contributed by atoms with Gasteiger partial charge in [-0.15, -0.1) is 0 Å². The minimum absolute atomic E-state index is 0.253. The number of furan rings is 1. The van der Waals surface area contributed by atoms with Crippen LogP contribution in [-0.2, 0) is 0 Å². The summed E-state index contributed by atoms with van der Waals surface area (Å²) >= 11 is 0. The van der Waals surface area contributed by atoms with E-state index in [0.29, 0.717) is 5.76 Å². The van der Waals surface area contributed by atoms with Crippen LogP contribution in [0.15, 0.2) is 83.5 Å². The largest absolute Gasteiger partial charge is 0.467 e. The predicted molar refractivity (Wildman–Crippen MR) is 92.1 cm³/mol. The zero-order chi connectivity index (χ0) is 16.8. The summed E-state index contributed by atoms with van der Waals surface area (Å²) in [5, 5.41) is 12.4. The molecule has 3 rings (SSSR count). The van der Waals surface area contributed by atoms with E-state index in [1.54, 1.807) is 17.0 Å². The normalized spacial score (nSPS) is 11.7. The monoisotopic (exact) mass is 322 g/mol. The molecule has 0 unspecified atom stereocenters. The quantitative estimate of drug-likeness (QED) is 0.749. The summed E-state index contributed by atoms with van der Waals surface area (Å²) in [5.74, 6) is 0.506. The number of benzene rings is 2. The molecule has 0 spiro atoms. The standard InChI is InChI=1S/C19H18N2O3/c22-14-17(18-12-7-13-24-18)20-19(23)21(15-8-3-1-4-9-15)16-10-5-2-6-11-16/h1-13,17,22H,14H2,(H,20,23)/t17-/m0/s1. The van der Waals surface area contributed by atoms with Crippen LogP contribution in [0.4, 0.5) is 16.2 Å². The molecule has 0 radical (unpaired) electrons. The van der Waals surface area contributed by atoms with Gasteiger partial charge in [-0.05, 0) is 36.4 Å². The first-order chi connectivity index (χ1) is 11.8. The molecule has 0 saturated heterocycles. The Morgan fingerprint density at radius 3 is 2.00 bits per heavy atom. The Hall–Kier alpha value is -3.05. The van der Waals surface area contributed by atoms with Gasteiger partial charge in [-0.25, -0.2) is 4.79 Å². The summed E-state index contributed by atoms with van der Waals surface area (Å²) in [5.41, 5.74) is 1.47. The summed E-state index contributed by atoms with van der Waals surface area (Å²) in [7, 11) is 0. The van der Waals surface area contributed by atoms with Crippen LogP contribution in [0.25, 0.3) is 0 Å². The van der Waals surface area contributed by atoms with E-state index in [-0.39, 0.29) is 12.6 Å². The fourth-order valence-corrected chi connectivity index (χ4v) is 2.45. The second-order valence-electron chi connectivity index (χ2n) is 5.21. The molecule has 0 fully saturated rings. The Balaban J connectivity index is 1.89. The number of carbonyl (C=O) groups excluding carboxylic acids is 1. The fourth-order valence-electron chi connectivity index (χ4n) is 2.45. The van der Waals surface area contributed by atoms with Crippen molar-refractivity contribution < 1.29 is 14.3 Å². The van der Waals surface area contributed by atoms with E-state index in [9.17, 15) is 9.90 Å². The number of aliphatic hydroxyl groups is 1. The summed E-state index contributed by atoms with van der Waals surface area (Å²) in [6.45, 7) is -0.253. The van der Waals surface area contributed by atoms with Gasteiger partial charge in [0.1, 0.15) is 11.8 Å². The molecular formula is C19H18N2O3. The number of anilines is 2. The number of nitrogens with one attached hydrogen (secondary N) is 1. The van der Waals surface area contributed by atoms with Crippen LogP contribution in [0.5, 0.6) is 0 Å². The van der Waals surface area contributed by atoms with Crippen molar-refractivity contribution in [1.82, 2.24) is 5.32 Å². The Bertz CT molecular complexity index is 718. The number of urea groups is 1. The van der Waals surface area contributed by atoms with Crippen molar-refractivity contribution in [2.75, 3.05) is 11.5 Å². The molecule has 0 aliphatic rings. The highest BCUT2D eigenvalue weighted by molar-refractivity contribution is 5.99. The van der Waals surface area contributed by atoms with E-state index in [1.807, 2.05) is 60.7 Å². The zero-order valence-corrected chi connectivity index (χ0v) is 13.0. The maximum atomic E-state index is 12.9. The predicted octanol–water partition coefficient (Wildman–Crippen LogP) is 3.86. The molecule has 3 aromatic rings. The number of nitrogens with zero attached hydrogens (tertiary/aromatic N) is 1. The molecule has 1 heterocycles. The van der Waals surface area contributed by atoms with Crippen molar-refractivity contribution in [2.45, 2.75) is 6.04 Å². The highest BCUT2D eigenvalue weighted by Crippen LogP contribution is 2.26. The number of hydrogen-bond donors (Lipinski definition) is 2. The van der Waals surface area contributed by atoms with Gasteiger partial charge in [0.05, 0.1) is 24.2 Å². The number of rotatable bonds is 5.